The average molecular weight is 359 g/mol. The first-order chi connectivity index (χ1) is 9.93. The van der Waals surface area contributed by atoms with Gasteiger partial charge in [0.05, 0.1) is 24.3 Å². The van der Waals surface area contributed by atoms with Crippen LogP contribution >= 0.6 is 15.9 Å². The Morgan fingerprint density at radius 2 is 2.00 bits per heavy atom. The molecule has 0 atom stereocenters. The van der Waals surface area contributed by atoms with Crippen molar-refractivity contribution < 1.29 is 18.7 Å². The lowest BCUT2D eigenvalue weighted by atomic mass is 9.96. The number of ether oxygens (including phenoxy) is 1. The van der Waals surface area contributed by atoms with Gasteiger partial charge in [-0.25, -0.2) is 4.39 Å². The summed E-state index contributed by atoms with van der Waals surface area (Å²) in [7, 11) is 1.36. The smallest absolute Gasteiger partial charge is 0.308 e. The quantitative estimate of drug-likeness (QED) is 0.649. The van der Waals surface area contributed by atoms with Crippen molar-refractivity contribution in [2.75, 3.05) is 25.9 Å². The van der Waals surface area contributed by atoms with Crippen molar-refractivity contribution in [1.29, 1.82) is 0 Å². The Morgan fingerprint density at radius 3 is 2.57 bits per heavy atom. The number of rotatable bonds is 2. The summed E-state index contributed by atoms with van der Waals surface area (Å²) in [5.41, 5.74) is 5.77. The van der Waals surface area contributed by atoms with Crippen LogP contribution in [-0.4, -0.2) is 37.0 Å². The molecular formula is C14H16BrFN2O3. The molecule has 1 heterocycles. The Balaban J connectivity index is 2.09. The molecule has 0 spiro atoms. The van der Waals surface area contributed by atoms with Crippen LogP contribution in [0.15, 0.2) is 16.6 Å². The van der Waals surface area contributed by atoms with Crippen LogP contribution in [0.3, 0.4) is 0 Å². The Morgan fingerprint density at radius 1 is 1.38 bits per heavy atom. The van der Waals surface area contributed by atoms with Crippen LogP contribution in [0.2, 0.25) is 0 Å². The molecule has 1 amide bonds. The van der Waals surface area contributed by atoms with Gasteiger partial charge in [-0.2, -0.15) is 0 Å². The number of likely N-dealkylation sites (tertiary alicyclic amines) is 1. The number of esters is 1. The monoisotopic (exact) mass is 358 g/mol. The van der Waals surface area contributed by atoms with Crippen molar-refractivity contribution in [3.8, 4) is 0 Å². The normalized spacial score (nSPS) is 15.9. The van der Waals surface area contributed by atoms with Crippen LogP contribution in [-0.2, 0) is 9.53 Å². The van der Waals surface area contributed by atoms with E-state index in [0.717, 1.165) is 0 Å². The van der Waals surface area contributed by atoms with E-state index in [1.165, 1.54) is 19.2 Å². The molecule has 5 nitrogen and oxygen atoms in total. The maximum atomic E-state index is 13.3. The lowest BCUT2D eigenvalue weighted by Crippen LogP contribution is -2.40. The first-order valence-corrected chi connectivity index (χ1v) is 7.35. The second-order valence-electron chi connectivity index (χ2n) is 4.94. The molecule has 2 rings (SSSR count). The summed E-state index contributed by atoms with van der Waals surface area (Å²) in [4.78, 5) is 25.5. The molecule has 0 bridgehead atoms. The highest BCUT2D eigenvalue weighted by atomic mass is 79.9. The highest BCUT2D eigenvalue weighted by Crippen LogP contribution is 2.26. The molecule has 0 saturated carbocycles. The van der Waals surface area contributed by atoms with Crippen molar-refractivity contribution in [1.82, 2.24) is 4.90 Å². The zero-order chi connectivity index (χ0) is 15.6. The number of anilines is 1. The maximum Gasteiger partial charge on any atom is 0.308 e. The van der Waals surface area contributed by atoms with Crippen LogP contribution in [0.4, 0.5) is 10.1 Å². The predicted molar refractivity (Wildman–Crippen MR) is 79.2 cm³/mol. The number of methoxy groups -OCH3 is 1. The van der Waals surface area contributed by atoms with Gasteiger partial charge in [-0.1, -0.05) is 0 Å². The Kier molecular flexibility index (Phi) is 4.82. The van der Waals surface area contributed by atoms with Crippen molar-refractivity contribution in [2.24, 2.45) is 5.92 Å². The summed E-state index contributed by atoms with van der Waals surface area (Å²) in [6.45, 7) is 0.921. The molecule has 1 aliphatic rings. The number of piperidine rings is 1. The number of amides is 1. The fourth-order valence-corrected chi connectivity index (χ4v) is 2.87. The molecule has 0 radical (unpaired) electrons. The van der Waals surface area contributed by atoms with Crippen molar-refractivity contribution in [3.05, 3.63) is 28.0 Å². The van der Waals surface area contributed by atoms with E-state index in [-0.39, 0.29) is 23.5 Å². The summed E-state index contributed by atoms with van der Waals surface area (Å²) < 4.78 is 18.4. The van der Waals surface area contributed by atoms with Gasteiger partial charge < -0.3 is 15.4 Å². The molecule has 1 fully saturated rings. The van der Waals surface area contributed by atoms with Gasteiger partial charge in [-0.3, -0.25) is 9.59 Å². The third-order valence-corrected chi connectivity index (χ3v) is 4.29. The third kappa shape index (κ3) is 3.34. The summed E-state index contributed by atoms with van der Waals surface area (Å²) in [5, 5.41) is 0. The minimum absolute atomic E-state index is 0.0639. The maximum absolute atomic E-state index is 13.3. The van der Waals surface area contributed by atoms with Gasteiger partial charge in [0.15, 0.2) is 0 Å². The number of nitrogens with zero attached hydrogens (tertiary/aromatic N) is 1. The Hall–Kier alpha value is -1.63. The average Bonchev–Trinajstić information content (AvgIpc) is 2.49. The zero-order valence-corrected chi connectivity index (χ0v) is 13.2. The topological polar surface area (TPSA) is 72.6 Å². The first kappa shape index (κ1) is 15.8. The number of nitrogens with two attached hydrogens (primary N) is 1. The van der Waals surface area contributed by atoms with Gasteiger partial charge in [-0.15, -0.1) is 0 Å². The third-order valence-electron chi connectivity index (χ3n) is 3.63. The number of benzene rings is 1. The van der Waals surface area contributed by atoms with E-state index in [2.05, 4.69) is 15.9 Å². The number of halogens is 2. The van der Waals surface area contributed by atoms with Crippen LogP contribution < -0.4 is 5.73 Å². The zero-order valence-electron chi connectivity index (χ0n) is 11.6. The summed E-state index contributed by atoms with van der Waals surface area (Å²) in [6, 6.07) is 2.51. The van der Waals surface area contributed by atoms with E-state index < -0.39 is 5.82 Å². The Labute approximate surface area is 130 Å². The van der Waals surface area contributed by atoms with Gasteiger partial charge in [0.1, 0.15) is 5.82 Å². The molecule has 1 aromatic rings. The molecule has 0 aliphatic carbocycles. The van der Waals surface area contributed by atoms with Gasteiger partial charge >= 0.3 is 5.97 Å². The lowest BCUT2D eigenvalue weighted by Gasteiger charge is -2.31. The molecule has 2 N–H and O–H groups in total. The number of carbonyl (C=O) groups excluding carboxylic acids is 2. The van der Waals surface area contributed by atoms with Crippen molar-refractivity contribution in [3.63, 3.8) is 0 Å². The molecule has 0 unspecified atom stereocenters. The molecule has 114 valence electrons. The molecule has 7 heteroatoms. The van der Waals surface area contributed by atoms with Crippen molar-refractivity contribution >= 4 is 33.5 Å². The Bertz CT molecular complexity index is 572. The molecule has 1 aromatic carbocycles. The van der Waals surface area contributed by atoms with E-state index in [4.69, 9.17) is 10.5 Å². The van der Waals surface area contributed by atoms with Gasteiger partial charge in [-0.05, 0) is 40.9 Å². The summed E-state index contributed by atoms with van der Waals surface area (Å²) in [5.74, 6) is -1.20. The van der Waals surface area contributed by atoms with Crippen LogP contribution in [0.1, 0.15) is 23.2 Å². The number of hydrogen-bond acceptors (Lipinski definition) is 4. The second kappa shape index (κ2) is 6.43. The fourth-order valence-electron chi connectivity index (χ4n) is 2.38. The van der Waals surface area contributed by atoms with Crippen LogP contribution in [0.25, 0.3) is 0 Å². The minimum atomic E-state index is -0.567. The number of carbonyl (C=O) groups is 2. The second-order valence-corrected chi connectivity index (χ2v) is 5.80. The van der Waals surface area contributed by atoms with Gasteiger partial charge in [0.25, 0.3) is 5.91 Å². The molecular weight excluding hydrogens is 343 g/mol. The minimum Gasteiger partial charge on any atom is -0.469 e. The molecule has 0 aromatic heterocycles. The van der Waals surface area contributed by atoms with Gasteiger partial charge in [0, 0.05) is 17.6 Å². The summed E-state index contributed by atoms with van der Waals surface area (Å²) in [6.07, 6.45) is 1.12. The highest BCUT2D eigenvalue weighted by molar-refractivity contribution is 9.10. The molecule has 1 saturated heterocycles. The molecule has 1 aliphatic heterocycles. The number of nitrogen functional groups attached to an aromatic ring is 1. The fraction of sp³-hybridized carbons (Fsp3) is 0.429. The van der Waals surface area contributed by atoms with E-state index in [1.54, 1.807) is 4.90 Å². The van der Waals surface area contributed by atoms with E-state index in [1.807, 2.05) is 0 Å². The SMILES string of the molecule is COC(=O)C1CCN(C(=O)c2cc(N)c(F)cc2Br)CC1. The van der Waals surface area contributed by atoms with Gasteiger partial charge in [0.2, 0.25) is 0 Å². The van der Waals surface area contributed by atoms with Crippen molar-refractivity contribution in [2.45, 2.75) is 12.8 Å². The molecule has 21 heavy (non-hydrogen) atoms. The lowest BCUT2D eigenvalue weighted by molar-refractivity contribution is -0.146. The number of hydrogen-bond donors (Lipinski definition) is 1. The summed E-state index contributed by atoms with van der Waals surface area (Å²) >= 11 is 3.18. The van der Waals surface area contributed by atoms with E-state index in [0.29, 0.717) is 36.0 Å². The predicted octanol–water partition coefficient (Wildman–Crippen LogP) is 2.20. The standard InChI is InChI=1S/C14H16BrFN2O3/c1-21-14(20)8-2-4-18(5-3-8)13(19)9-6-12(17)11(16)7-10(9)15/h6-8H,2-5,17H2,1H3. The van der Waals surface area contributed by atoms with Crippen LogP contribution in [0.5, 0.6) is 0 Å². The first-order valence-electron chi connectivity index (χ1n) is 6.55. The van der Waals surface area contributed by atoms with E-state index >= 15 is 0 Å². The van der Waals surface area contributed by atoms with Crippen LogP contribution in [0, 0.1) is 11.7 Å². The highest BCUT2D eigenvalue weighted by Gasteiger charge is 2.29. The largest absolute Gasteiger partial charge is 0.469 e. The van der Waals surface area contributed by atoms with E-state index in [9.17, 15) is 14.0 Å².